The summed E-state index contributed by atoms with van der Waals surface area (Å²) >= 11 is 1.70. The van der Waals surface area contributed by atoms with E-state index in [-0.39, 0.29) is 11.3 Å². The van der Waals surface area contributed by atoms with E-state index in [2.05, 4.69) is 14.9 Å². The summed E-state index contributed by atoms with van der Waals surface area (Å²) in [6, 6.07) is 3.64. The first-order valence-corrected chi connectivity index (χ1v) is 9.50. The third-order valence-corrected chi connectivity index (χ3v) is 5.76. The molecule has 132 valence electrons. The molecule has 1 spiro atoms. The van der Waals surface area contributed by atoms with Crippen LogP contribution in [0.25, 0.3) is 0 Å². The molecule has 2 fully saturated rings. The van der Waals surface area contributed by atoms with Crippen molar-refractivity contribution in [3.05, 3.63) is 46.7 Å². The number of pyridine rings is 1. The summed E-state index contributed by atoms with van der Waals surface area (Å²) in [5, 5.41) is 3.17. The minimum Gasteiger partial charge on any atom is -0.379 e. The van der Waals surface area contributed by atoms with Gasteiger partial charge in [0.15, 0.2) is 0 Å². The summed E-state index contributed by atoms with van der Waals surface area (Å²) in [5.74, 6) is 0.0522. The Morgan fingerprint density at radius 1 is 1.32 bits per heavy atom. The second-order valence-electron chi connectivity index (χ2n) is 6.91. The van der Waals surface area contributed by atoms with Gasteiger partial charge in [-0.15, -0.1) is 11.3 Å². The maximum atomic E-state index is 12.8. The number of carbonyl (C=O) groups excluding carboxylic acids is 1. The number of hydrogen-bond acceptors (Lipinski definition) is 6. The lowest BCUT2D eigenvalue weighted by atomic mass is 9.87. The molecule has 2 saturated heterocycles. The van der Waals surface area contributed by atoms with Gasteiger partial charge in [0.25, 0.3) is 5.91 Å². The van der Waals surface area contributed by atoms with E-state index in [1.54, 1.807) is 23.7 Å². The Bertz CT molecular complexity index is 709. The zero-order valence-corrected chi connectivity index (χ0v) is 15.0. The largest absolute Gasteiger partial charge is 0.379 e. The molecule has 0 radical (unpaired) electrons. The number of likely N-dealkylation sites (tertiary alicyclic amines) is 1. The molecule has 4 rings (SSSR count). The Hall–Kier alpha value is -1.83. The van der Waals surface area contributed by atoms with Gasteiger partial charge in [0.2, 0.25) is 0 Å². The number of carbonyl (C=O) groups is 1. The van der Waals surface area contributed by atoms with Crippen molar-refractivity contribution in [2.45, 2.75) is 13.0 Å². The number of aromatic nitrogens is 2. The summed E-state index contributed by atoms with van der Waals surface area (Å²) in [7, 11) is 0. The highest BCUT2D eigenvalue weighted by Gasteiger charge is 2.42. The molecule has 6 nitrogen and oxygen atoms in total. The molecule has 25 heavy (non-hydrogen) atoms. The van der Waals surface area contributed by atoms with Gasteiger partial charge in [0, 0.05) is 49.0 Å². The first kappa shape index (κ1) is 16.6. The quantitative estimate of drug-likeness (QED) is 0.839. The molecule has 2 aliphatic heterocycles. The number of nitrogens with zero attached hydrogens (tertiary/aromatic N) is 4. The SMILES string of the molecule is O=C(c1cccnc1)N1CCOCC2(CCN(Cc3nccs3)C2)C1. The Morgan fingerprint density at radius 3 is 3.08 bits per heavy atom. The van der Waals surface area contributed by atoms with Crippen LogP contribution in [0.1, 0.15) is 21.8 Å². The molecule has 2 aliphatic rings. The second kappa shape index (κ2) is 7.19. The van der Waals surface area contributed by atoms with Crippen LogP contribution in [-0.4, -0.2) is 65.1 Å². The van der Waals surface area contributed by atoms with Crippen molar-refractivity contribution in [1.29, 1.82) is 0 Å². The van der Waals surface area contributed by atoms with Gasteiger partial charge in [-0.25, -0.2) is 4.98 Å². The van der Waals surface area contributed by atoms with Crippen LogP contribution < -0.4 is 0 Å². The van der Waals surface area contributed by atoms with Crippen molar-refractivity contribution in [3.63, 3.8) is 0 Å². The number of hydrogen-bond donors (Lipinski definition) is 0. The molecule has 0 aliphatic carbocycles. The molecule has 0 aromatic carbocycles. The minimum atomic E-state index is 0.0195. The maximum Gasteiger partial charge on any atom is 0.255 e. The fourth-order valence-corrected chi connectivity index (χ4v) is 4.43. The second-order valence-corrected chi connectivity index (χ2v) is 7.89. The summed E-state index contributed by atoms with van der Waals surface area (Å²) in [5.41, 5.74) is 0.670. The zero-order valence-electron chi connectivity index (χ0n) is 14.1. The third-order valence-electron chi connectivity index (χ3n) is 5.00. The van der Waals surface area contributed by atoms with Crippen LogP contribution in [0.5, 0.6) is 0 Å². The standard InChI is InChI=1S/C18H22N4O2S/c23-17(15-2-1-4-19-10-15)22-7-8-24-14-18(13-22)3-6-21(12-18)11-16-20-5-9-25-16/h1-2,4-5,9-10H,3,6-8,11-14H2. The van der Waals surface area contributed by atoms with Crippen molar-refractivity contribution in [2.24, 2.45) is 5.41 Å². The van der Waals surface area contributed by atoms with E-state index in [4.69, 9.17) is 4.74 Å². The maximum absolute atomic E-state index is 12.8. The molecule has 1 amide bonds. The van der Waals surface area contributed by atoms with Crippen LogP contribution in [0, 0.1) is 5.41 Å². The molecule has 7 heteroatoms. The number of rotatable bonds is 3. The van der Waals surface area contributed by atoms with Gasteiger partial charge in [0.05, 0.1) is 25.3 Å². The average Bonchev–Trinajstić information content (AvgIpc) is 3.23. The molecule has 4 heterocycles. The molecule has 2 aromatic heterocycles. The smallest absolute Gasteiger partial charge is 0.255 e. The predicted molar refractivity (Wildman–Crippen MR) is 95.4 cm³/mol. The highest BCUT2D eigenvalue weighted by atomic mass is 32.1. The fraction of sp³-hybridized carbons (Fsp3) is 0.500. The van der Waals surface area contributed by atoms with E-state index in [0.29, 0.717) is 18.7 Å². The molecule has 0 saturated carbocycles. The average molecular weight is 358 g/mol. The van der Waals surface area contributed by atoms with Gasteiger partial charge in [-0.05, 0) is 25.1 Å². The monoisotopic (exact) mass is 358 g/mol. The van der Waals surface area contributed by atoms with Crippen LogP contribution in [-0.2, 0) is 11.3 Å². The van der Waals surface area contributed by atoms with Crippen molar-refractivity contribution in [3.8, 4) is 0 Å². The summed E-state index contributed by atoms with van der Waals surface area (Å²) in [6.45, 7) is 5.56. The van der Waals surface area contributed by atoms with Crippen molar-refractivity contribution < 1.29 is 9.53 Å². The highest BCUT2D eigenvalue weighted by Crippen LogP contribution is 2.34. The highest BCUT2D eigenvalue weighted by molar-refractivity contribution is 7.09. The van der Waals surface area contributed by atoms with Gasteiger partial charge >= 0.3 is 0 Å². The molecular formula is C18H22N4O2S. The van der Waals surface area contributed by atoms with Crippen molar-refractivity contribution >= 4 is 17.2 Å². The fourth-order valence-electron chi connectivity index (χ4n) is 3.77. The summed E-state index contributed by atoms with van der Waals surface area (Å²) in [6.07, 6.45) is 6.24. The van der Waals surface area contributed by atoms with E-state index in [1.165, 1.54) is 0 Å². The normalized spacial score (nSPS) is 24.6. The van der Waals surface area contributed by atoms with Gasteiger partial charge in [-0.1, -0.05) is 0 Å². The first-order chi connectivity index (χ1) is 12.2. The minimum absolute atomic E-state index is 0.0195. The predicted octanol–water partition coefficient (Wildman–Crippen LogP) is 1.90. The van der Waals surface area contributed by atoms with Crippen molar-refractivity contribution in [1.82, 2.24) is 19.8 Å². The van der Waals surface area contributed by atoms with E-state index in [1.807, 2.05) is 28.6 Å². The number of amides is 1. The molecule has 0 bridgehead atoms. The van der Waals surface area contributed by atoms with Crippen LogP contribution >= 0.6 is 11.3 Å². The van der Waals surface area contributed by atoms with Crippen molar-refractivity contribution in [2.75, 3.05) is 39.4 Å². The number of thiazole rings is 1. The Kier molecular flexibility index (Phi) is 4.78. The Balaban J connectivity index is 1.46. The van der Waals surface area contributed by atoms with Crippen LogP contribution in [0.4, 0.5) is 0 Å². The lowest BCUT2D eigenvalue weighted by Crippen LogP contribution is -2.43. The van der Waals surface area contributed by atoms with E-state index >= 15 is 0 Å². The van der Waals surface area contributed by atoms with E-state index in [0.717, 1.165) is 44.2 Å². The first-order valence-electron chi connectivity index (χ1n) is 8.62. The van der Waals surface area contributed by atoms with E-state index in [9.17, 15) is 4.79 Å². The summed E-state index contributed by atoms with van der Waals surface area (Å²) in [4.78, 5) is 25.7. The van der Waals surface area contributed by atoms with Crippen LogP contribution in [0.15, 0.2) is 36.1 Å². The number of ether oxygens (including phenoxy) is 1. The molecule has 0 N–H and O–H groups in total. The lowest BCUT2D eigenvalue weighted by molar-refractivity contribution is 0.0644. The van der Waals surface area contributed by atoms with E-state index < -0.39 is 0 Å². The topological polar surface area (TPSA) is 58.6 Å². The lowest BCUT2D eigenvalue weighted by Gasteiger charge is -2.32. The molecule has 1 atom stereocenters. The van der Waals surface area contributed by atoms with Gasteiger partial charge < -0.3 is 9.64 Å². The Labute approximate surface area is 151 Å². The summed E-state index contributed by atoms with van der Waals surface area (Å²) < 4.78 is 5.88. The van der Waals surface area contributed by atoms with Gasteiger partial charge in [0.1, 0.15) is 5.01 Å². The zero-order chi connectivity index (χ0) is 17.1. The van der Waals surface area contributed by atoms with Gasteiger partial charge in [-0.2, -0.15) is 0 Å². The van der Waals surface area contributed by atoms with Crippen LogP contribution in [0.2, 0.25) is 0 Å². The molecular weight excluding hydrogens is 336 g/mol. The Morgan fingerprint density at radius 2 is 2.28 bits per heavy atom. The molecule has 2 aromatic rings. The van der Waals surface area contributed by atoms with Crippen LogP contribution in [0.3, 0.4) is 0 Å². The third kappa shape index (κ3) is 3.73. The van der Waals surface area contributed by atoms with Gasteiger partial charge in [-0.3, -0.25) is 14.7 Å². The molecule has 1 unspecified atom stereocenters.